The highest BCUT2D eigenvalue weighted by Crippen LogP contribution is 2.29. The Bertz CT molecular complexity index is 837. The second-order valence-corrected chi connectivity index (χ2v) is 5.08. The lowest BCUT2D eigenvalue weighted by atomic mass is 10.2. The van der Waals surface area contributed by atoms with Crippen LogP contribution in [0, 0.1) is 11.7 Å². The molecule has 118 valence electrons. The van der Waals surface area contributed by atoms with E-state index in [1.807, 2.05) is 6.92 Å². The Morgan fingerprint density at radius 3 is 2.41 bits per heavy atom. The SMILES string of the molecule is COc1cc(C)ccc1-n1c(=O)cc(C(F)(F)F)n(C)c1=S. The van der Waals surface area contributed by atoms with Crippen molar-refractivity contribution in [1.29, 1.82) is 0 Å². The molecule has 0 aliphatic carbocycles. The van der Waals surface area contributed by atoms with Gasteiger partial charge in [0.1, 0.15) is 11.4 Å². The Hall–Kier alpha value is -2.09. The van der Waals surface area contributed by atoms with Crippen LogP contribution in [0.25, 0.3) is 5.69 Å². The van der Waals surface area contributed by atoms with E-state index in [1.165, 1.54) is 14.2 Å². The van der Waals surface area contributed by atoms with Crippen molar-refractivity contribution in [3.63, 3.8) is 0 Å². The van der Waals surface area contributed by atoms with Crippen molar-refractivity contribution in [2.75, 3.05) is 7.11 Å². The molecule has 0 aliphatic rings. The molecule has 22 heavy (non-hydrogen) atoms. The van der Waals surface area contributed by atoms with Crippen molar-refractivity contribution < 1.29 is 17.9 Å². The lowest BCUT2D eigenvalue weighted by molar-refractivity contribution is -0.143. The minimum atomic E-state index is -4.65. The van der Waals surface area contributed by atoms with Crippen LogP contribution in [0.1, 0.15) is 11.3 Å². The first-order chi connectivity index (χ1) is 10.2. The van der Waals surface area contributed by atoms with Crippen LogP contribution in [-0.2, 0) is 13.2 Å². The molecule has 0 N–H and O–H groups in total. The molecule has 0 atom stereocenters. The molecular weight excluding hydrogens is 317 g/mol. The largest absolute Gasteiger partial charge is 0.495 e. The average molecular weight is 330 g/mol. The van der Waals surface area contributed by atoms with Gasteiger partial charge in [0, 0.05) is 13.1 Å². The lowest BCUT2D eigenvalue weighted by Gasteiger charge is -2.17. The maximum atomic E-state index is 12.9. The van der Waals surface area contributed by atoms with Gasteiger partial charge in [0.25, 0.3) is 5.56 Å². The molecule has 0 saturated heterocycles. The van der Waals surface area contributed by atoms with Crippen LogP contribution < -0.4 is 10.3 Å². The first-order valence-electron chi connectivity index (χ1n) is 6.22. The van der Waals surface area contributed by atoms with E-state index in [4.69, 9.17) is 17.0 Å². The van der Waals surface area contributed by atoms with Gasteiger partial charge in [0.05, 0.1) is 12.8 Å². The molecule has 0 amide bonds. The quantitative estimate of drug-likeness (QED) is 0.793. The molecule has 0 bridgehead atoms. The molecule has 1 heterocycles. The maximum absolute atomic E-state index is 12.9. The van der Waals surface area contributed by atoms with Crippen LogP contribution in [0.3, 0.4) is 0 Å². The molecule has 1 aromatic heterocycles. The Balaban J connectivity index is 2.82. The zero-order valence-electron chi connectivity index (χ0n) is 12.1. The van der Waals surface area contributed by atoms with E-state index in [-0.39, 0.29) is 4.77 Å². The lowest BCUT2D eigenvalue weighted by Crippen LogP contribution is -2.28. The van der Waals surface area contributed by atoms with E-state index < -0.39 is 17.4 Å². The minimum absolute atomic E-state index is 0.262. The Morgan fingerprint density at radius 1 is 1.23 bits per heavy atom. The van der Waals surface area contributed by atoms with Crippen LogP contribution in [0.5, 0.6) is 5.75 Å². The van der Waals surface area contributed by atoms with Gasteiger partial charge >= 0.3 is 6.18 Å². The molecule has 0 fully saturated rings. The first kappa shape index (κ1) is 16.3. The number of alkyl halides is 3. The fourth-order valence-corrected chi connectivity index (χ4v) is 2.38. The summed E-state index contributed by atoms with van der Waals surface area (Å²) in [6.45, 7) is 1.83. The third-order valence-electron chi connectivity index (χ3n) is 3.19. The van der Waals surface area contributed by atoms with Crippen LogP contribution in [0.2, 0.25) is 0 Å². The third kappa shape index (κ3) is 2.78. The van der Waals surface area contributed by atoms with Gasteiger partial charge < -0.3 is 9.30 Å². The summed E-state index contributed by atoms with van der Waals surface area (Å²) in [5, 5.41) is 0. The highest BCUT2D eigenvalue weighted by atomic mass is 32.1. The predicted molar refractivity (Wildman–Crippen MR) is 78.1 cm³/mol. The fraction of sp³-hybridized carbons (Fsp3) is 0.286. The van der Waals surface area contributed by atoms with Crippen molar-refractivity contribution in [1.82, 2.24) is 9.13 Å². The van der Waals surface area contributed by atoms with Crippen LogP contribution >= 0.6 is 12.2 Å². The van der Waals surface area contributed by atoms with Crippen LogP contribution in [0.4, 0.5) is 13.2 Å². The first-order valence-corrected chi connectivity index (χ1v) is 6.63. The monoisotopic (exact) mass is 330 g/mol. The second kappa shape index (κ2) is 5.60. The number of ether oxygens (including phenoxy) is 1. The van der Waals surface area contributed by atoms with Gasteiger partial charge in [-0.05, 0) is 36.8 Å². The van der Waals surface area contributed by atoms with Gasteiger partial charge in [-0.3, -0.25) is 4.79 Å². The standard InChI is InChI=1S/C14H13F3N2O2S/c1-8-4-5-9(10(6-8)21-3)19-12(20)7-11(14(15,16)17)18(2)13(19)22/h4-7H,1-3H3. The number of aromatic nitrogens is 2. The van der Waals surface area contributed by atoms with E-state index >= 15 is 0 Å². The fourth-order valence-electron chi connectivity index (χ4n) is 2.09. The number of methoxy groups -OCH3 is 1. The third-order valence-corrected chi connectivity index (χ3v) is 3.64. The van der Waals surface area contributed by atoms with Crippen molar-refractivity contribution >= 4 is 12.2 Å². The Kier molecular flexibility index (Phi) is 4.15. The van der Waals surface area contributed by atoms with E-state index in [0.717, 1.165) is 14.7 Å². The second-order valence-electron chi connectivity index (χ2n) is 4.72. The van der Waals surface area contributed by atoms with Gasteiger partial charge in [-0.15, -0.1) is 0 Å². The molecule has 0 spiro atoms. The number of hydrogen-bond donors (Lipinski definition) is 0. The number of aryl methyl sites for hydroxylation is 1. The van der Waals surface area contributed by atoms with E-state index in [1.54, 1.807) is 18.2 Å². The summed E-state index contributed by atoms with van der Waals surface area (Å²) in [5.74, 6) is 0.355. The van der Waals surface area contributed by atoms with Crippen LogP contribution in [0.15, 0.2) is 29.1 Å². The van der Waals surface area contributed by atoms with Crippen molar-refractivity contribution in [2.45, 2.75) is 13.1 Å². The van der Waals surface area contributed by atoms with E-state index in [9.17, 15) is 18.0 Å². The number of benzene rings is 1. The molecule has 2 rings (SSSR count). The molecule has 1 aromatic carbocycles. The topological polar surface area (TPSA) is 36.2 Å². The number of hydrogen-bond acceptors (Lipinski definition) is 3. The summed E-state index contributed by atoms with van der Waals surface area (Å²) < 4.78 is 45.4. The molecule has 0 radical (unpaired) electrons. The summed E-state index contributed by atoms with van der Waals surface area (Å²) in [6, 6.07) is 5.50. The smallest absolute Gasteiger partial charge is 0.431 e. The van der Waals surface area contributed by atoms with E-state index in [2.05, 4.69) is 0 Å². The van der Waals surface area contributed by atoms with Crippen molar-refractivity contribution in [2.24, 2.45) is 7.05 Å². The average Bonchev–Trinajstić information content (AvgIpc) is 2.43. The zero-order valence-corrected chi connectivity index (χ0v) is 12.9. The molecule has 0 aliphatic heterocycles. The summed E-state index contributed by atoms with van der Waals surface area (Å²) >= 11 is 5.03. The summed E-state index contributed by atoms with van der Waals surface area (Å²) in [7, 11) is 2.58. The van der Waals surface area contributed by atoms with Crippen molar-refractivity contribution in [3.05, 3.63) is 50.6 Å². The Labute approximate surface area is 129 Å². The highest BCUT2D eigenvalue weighted by molar-refractivity contribution is 7.71. The summed E-state index contributed by atoms with van der Waals surface area (Å²) in [6.07, 6.45) is -4.65. The van der Waals surface area contributed by atoms with Crippen LogP contribution in [-0.4, -0.2) is 16.2 Å². The van der Waals surface area contributed by atoms with Gasteiger partial charge in [-0.2, -0.15) is 13.2 Å². The van der Waals surface area contributed by atoms with Gasteiger partial charge in [0.2, 0.25) is 0 Å². The summed E-state index contributed by atoms with van der Waals surface area (Å²) in [5.41, 5.74) is -0.773. The number of halogens is 3. The highest BCUT2D eigenvalue weighted by Gasteiger charge is 2.34. The van der Waals surface area contributed by atoms with Gasteiger partial charge in [-0.25, -0.2) is 4.57 Å². The van der Waals surface area contributed by atoms with Gasteiger partial charge in [-0.1, -0.05) is 6.07 Å². The molecule has 8 heteroatoms. The molecule has 4 nitrogen and oxygen atoms in total. The Morgan fingerprint density at radius 2 is 1.86 bits per heavy atom. The van der Waals surface area contributed by atoms with Crippen molar-refractivity contribution in [3.8, 4) is 11.4 Å². The molecule has 0 unspecified atom stereocenters. The number of rotatable bonds is 2. The minimum Gasteiger partial charge on any atom is -0.495 e. The van der Waals surface area contributed by atoms with E-state index in [0.29, 0.717) is 17.5 Å². The molecule has 2 aromatic rings. The molecule has 0 saturated carbocycles. The normalized spacial score (nSPS) is 11.5. The predicted octanol–water partition coefficient (Wildman–Crippen LogP) is 3.24. The zero-order chi connectivity index (χ0) is 16.7. The maximum Gasteiger partial charge on any atom is 0.431 e. The summed E-state index contributed by atoms with van der Waals surface area (Å²) in [4.78, 5) is 12.1. The number of nitrogens with zero attached hydrogens (tertiary/aromatic N) is 2. The molecular formula is C14H13F3N2O2S. The van der Waals surface area contributed by atoms with Gasteiger partial charge in [0.15, 0.2) is 4.77 Å².